The van der Waals surface area contributed by atoms with Crippen molar-refractivity contribution in [3.8, 4) is 15.4 Å². The number of benzene rings is 2. The van der Waals surface area contributed by atoms with Crippen molar-refractivity contribution in [2.75, 3.05) is 39.5 Å². The summed E-state index contributed by atoms with van der Waals surface area (Å²) in [5, 5.41) is 20.3. The van der Waals surface area contributed by atoms with Crippen LogP contribution in [0.5, 0.6) is 0 Å². The normalized spacial score (nSPS) is 19.0. The van der Waals surface area contributed by atoms with Gasteiger partial charge in [-0.3, -0.25) is 28.7 Å². The second-order valence-electron chi connectivity index (χ2n) is 19.5. The largest absolute Gasteiger partial charge is 0.391 e. The van der Waals surface area contributed by atoms with Crippen molar-refractivity contribution in [2.24, 2.45) is 10.4 Å². The summed E-state index contributed by atoms with van der Waals surface area (Å²) in [4.78, 5) is 70.4. The van der Waals surface area contributed by atoms with Crippen LogP contribution < -0.4 is 10.6 Å². The number of imidazole rings is 1. The molecule has 5 atom stereocenters. The molecule has 0 radical (unpaired) electrons. The van der Waals surface area contributed by atoms with Crippen LogP contribution in [0, 0.1) is 33.1 Å². The lowest BCUT2D eigenvalue weighted by molar-refractivity contribution is -0.146. The Labute approximate surface area is 417 Å². The molecular formula is C52H62ClN7O7S2. The Morgan fingerprint density at radius 1 is 0.942 bits per heavy atom. The van der Waals surface area contributed by atoms with E-state index in [9.17, 15) is 24.3 Å². The van der Waals surface area contributed by atoms with E-state index in [1.807, 2.05) is 89.3 Å². The molecule has 6 heterocycles. The minimum atomic E-state index is -0.972. The number of aryl methyl sites for hydroxylation is 3. The first-order valence-electron chi connectivity index (χ1n) is 23.6. The zero-order chi connectivity index (χ0) is 49.3. The van der Waals surface area contributed by atoms with E-state index in [0.717, 1.165) is 50.0 Å². The maximum Gasteiger partial charge on any atom is 0.246 e. The van der Waals surface area contributed by atoms with Gasteiger partial charge in [0.2, 0.25) is 23.6 Å². The lowest BCUT2D eigenvalue weighted by Crippen LogP contribution is -2.58. The van der Waals surface area contributed by atoms with Crippen LogP contribution in [-0.2, 0) is 28.7 Å². The van der Waals surface area contributed by atoms with E-state index in [0.29, 0.717) is 31.1 Å². The first kappa shape index (κ1) is 50.2. The van der Waals surface area contributed by atoms with E-state index in [1.54, 1.807) is 27.6 Å². The van der Waals surface area contributed by atoms with Crippen LogP contribution >= 0.6 is 34.3 Å². The predicted octanol–water partition coefficient (Wildman–Crippen LogP) is 7.84. The first-order valence-corrected chi connectivity index (χ1v) is 25.6. The summed E-state index contributed by atoms with van der Waals surface area (Å²) in [6, 6.07) is 15.1. The number of ether oxygens (including phenoxy) is 2. The van der Waals surface area contributed by atoms with E-state index >= 15 is 0 Å². The summed E-state index contributed by atoms with van der Waals surface area (Å²) in [6.07, 6.45) is 1.62. The number of likely N-dealkylation sites (tertiary alicyclic amines) is 2. The maximum atomic E-state index is 14.1. The molecular weight excluding hydrogens is 934 g/mol. The molecule has 17 heteroatoms. The number of aromatic nitrogens is 2. The second-order valence-corrected chi connectivity index (χ2v) is 22.1. The molecule has 3 aromatic heterocycles. The minimum Gasteiger partial charge on any atom is -0.391 e. The number of aliphatic hydroxyl groups is 1. The number of nitrogens with zero attached hydrogens (tertiary/aromatic N) is 5. The highest BCUT2D eigenvalue weighted by Crippen LogP contribution is 2.40. The highest BCUT2D eigenvalue weighted by Gasteiger charge is 2.45. The molecule has 4 amide bonds. The molecule has 366 valence electrons. The van der Waals surface area contributed by atoms with Crippen LogP contribution in [0.4, 0.5) is 0 Å². The predicted molar refractivity (Wildman–Crippen MR) is 270 cm³/mol. The molecule has 5 aromatic rings. The van der Waals surface area contributed by atoms with Gasteiger partial charge in [-0.2, -0.15) is 0 Å². The fraction of sp³-hybridized carbons (Fsp3) is 0.462. The van der Waals surface area contributed by atoms with Gasteiger partial charge in [0.1, 0.15) is 35.6 Å². The number of nitrogens with one attached hydrogen (secondary N) is 2. The Morgan fingerprint density at radius 2 is 1.65 bits per heavy atom. The zero-order valence-electron chi connectivity index (χ0n) is 40.5. The summed E-state index contributed by atoms with van der Waals surface area (Å²) in [5.41, 5.74) is 7.46. The number of halogens is 1. The Kier molecular flexibility index (Phi) is 15.3. The van der Waals surface area contributed by atoms with Gasteiger partial charge in [-0.25, -0.2) is 4.98 Å². The van der Waals surface area contributed by atoms with Crippen LogP contribution in [-0.4, -0.2) is 118 Å². The van der Waals surface area contributed by atoms with Crippen molar-refractivity contribution < 1.29 is 33.8 Å². The molecule has 2 aromatic carbocycles. The third-order valence-electron chi connectivity index (χ3n) is 13.2. The third kappa shape index (κ3) is 11.1. The molecule has 0 spiro atoms. The number of aliphatic hydroxyl groups excluding tert-OH is 1. The van der Waals surface area contributed by atoms with Gasteiger partial charge in [0.25, 0.3) is 0 Å². The number of thiophene rings is 2. The summed E-state index contributed by atoms with van der Waals surface area (Å²) in [7, 11) is 0. The smallest absolute Gasteiger partial charge is 0.246 e. The van der Waals surface area contributed by atoms with E-state index in [4.69, 9.17) is 31.1 Å². The number of carbonyl (C=O) groups is 4. The molecule has 14 nitrogen and oxygen atoms in total. The summed E-state index contributed by atoms with van der Waals surface area (Å²) in [6.45, 7) is 17.0. The number of β-amino-alcohol motifs (C(OH)–C–C–N with tert-alkyl or cyclic N) is 1. The summed E-state index contributed by atoms with van der Waals surface area (Å²) >= 11 is 9.66. The molecule has 3 aliphatic heterocycles. The fourth-order valence-corrected chi connectivity index (χ4v) is 11.5. The number of rotatable bonds is 16. The average Bonchev–Trinajstić information content (AvgIpc) is 4.06. The number of hydrogen-bond acceptors (Lipinski definition) is 11. The molecule has 0 saturated carbocycles. The molecule has 0 aliphatic carbocycles. The second kappa shape index (κ2) is 21.0. The van der Waals surface area contributed by atoms with Crippen LogP contribution in [0.1, 0.15) is 103 Å². The van der Waals surface area contributed by atoms with Gasteiger partial charge >= 0.3 is 0 Å². The lowest BCUT2D eigenvalue weighted by Gasteiger charge is -2.39. The van der Waals surface area contributed by atoms with Crippen molar-refractivity contribution in [1.82, 2.24) is 30.0 Å². The van der Waals surface area contributed by atoms with Crippen molar-refractivity contribution in [1.29, 1.82) is 0 Å². The number of fused-ring (bicyclic) bond motifs is 3. The third-order valence-corrected chi connectivity index (χ3v) is 15.7. The average molecular weight is 997 g/mol. The topological polar surface area (TPSA) is 168 Å². The van der Waals surface area contributed by atoms with Crippen LogP contribution in [0.25, 0.3) is 15.4 Å². The minimum absolute atomic E-state index is 0.0188. The lowest BCUT2D eigenvalue weighted by atomic mass is 9.85. The van der Waals surface area contributed by atoms with Crippen molar-refractivity contribution in [2.45, 2.75) is 111 Å². The van der Waals surface area contributed by atoms with Crippen molar-refractivity contribution in [3.05, 3.63) is 115 Å². The number of carbonyl (C=O) groups excluding carboxylic acids is 4. The van der Waals surface area contributed by atoms with Gasteiger partial charge in [0.05, 0.1) is 30.4 Å². The Balaban J connectivity index is 0.782. The van der Waals surface area contributed by atoms with Gasteiger partial charge in [-0.1, -0.05) is 68.8 Å². The van der Waals surface area contributed by atoms with Crippen LogP contribution in [0.15, 0.2) is 71.2 Å². The molecule has 2 fully saturated rings. The number of aliphatic imine (C=N–C) groups is 1. The van der Waals surface area contributed by atoms with Gasteiger partial charge in [0, 0.05) is 77.1 Å². The highest BCUT2D eigenvalue weighted by atomic mass is 35.5. The van der Waals surface area contributed by atoms with E-state index in [1.165, 1.54) is 20.2 Å². The first-order chi connectivity index (χ1) is 32.9. The monoisotopic (exact) mass is 995 g/mol. The molecule has 69 heavy (non-hydrogen) atoms. The van der Waals surface area contributed by atoms with Crippen LogP contribution in [0.2, 0.25) is 5.02 Å². The SMILES string of the molecule is Cc1ccsc1-c1ccc(C(C)NC(=O)[C@@H]2C[C@@H](O)CN2C(=O)[C@@H](NC(=O)COCCCOC2CN(C(=O)CC3N=C(c4ccc(Cl)cc4)c4c(sc(C)c4C)-n4c(C)cnc43)C2)C(C)(C)C)cc1. The standard InChI is InChI=1S/C52H62ClN7O7S2/c1-29-18-21-68-46(29)36-12-10-34(11-13-36)32(4)55-49(64)41-22-38(61)25-59(41)50(65)47(52(6,7)8)57-42(62)28-66-19-9-20-67-39-26-58(27-39)43(63)23-40-48-54-24-30(2)60(48)51-44(31(3)33(5)69-51)45(56-40)35-14-16-37(53)17-15-35/h10-18,21,24,32,38-41,47,61H,9,19-20,22-23,25-28H2,1-8H3,(H,55,64)(H,57,62)/t32?,38-,40?,41+,47-/m1/s1. The molecule has 3 N–H and O–H groups in total. The zero-order valence-corrected chi connectivity index (χ0v) is 42.9. The van der Waals surface area contributed by atoms with Crippen molar-refractivity contribution in [3.63, 3.8) is 0 Å². The Hall–Kier alpha value is -5.23. The van der Waals surface area contributed by atoms with Gasteiger partial charge in [-0.15, -0.1) is 22.7 Å². The van der Waals surface area contributed by atoms with E-state index < -0.39 is 41.5 Å². The molecule has 2 unspecified atom stereocenters. The maximum absolute atomic E-state index is 14.1. The highest BCUT2D eigenvalue weighted by molar-refractivity contribution is 7.15. The quantitative estimate of drug-likeness (QED) is 0.0842. The molecule has 8 rings (SSSR count). The summed E-state index contributed by atoms with van der Waals surface area (Å²) < 4.78 is 13.9. The van der Waals surface area contributed by atoms with E-state index in [-0.39, 0.29) is 56.6 Å². The molecule has 0 bridgehead atoms. The molecule has 3 aliphatic rings. The fourth-order valence-electron chi connectivity index (χ4n) is 9.17. The van der Waals surface area contributed by atoms with Gasteiger partial charge in [0.15, 0.2) is 0 Å². The van der Waals surface area contributed by atoms with Crippen LogP contribution in [0.3, 0.4) is 0 Å². The van der Waals surface area contributed by atoms with Gasteiger partial charge in [-0.05, 0) is 92.3 Å². The molecule has 2 saturated heterocycles. The number of amides is 4. The van der Waals surface area contributed by atoms with E-state index in [2.05, 4.69) is 47.4 Å². The number of hydrogen-bond donors (Lipinski definition) is 3. The Bertz CT molecular complexity index is 2720. The Morgan fingerprint density at radius 3 is 2.33 bits per heavy atom. The van der Waals surface area contributed by atoms with Gasteiger partial charge < -0.3 is 35.0 Å². The summed E-state index contributed by atoms with van der Waals surface area (Å²) in [5.74, 6) is -0.559. The van der Waals surface area contributed by atoms with Crippen molar-refractivity contribution >= 4 is 63.6 Å².